The van der Waals surface area contributed by atoms with Crippen LogP contribution in [0.4, 0.5) is 5.82 Å². The van der Waals surface area contributed by atoms with E-state index in [1.807, 2.05) is 13.1 Å². The molecule has 3 saturated heterocycles. The van der Waals surface area contributed by atoms with E-state index in [2.05, 4.69) is 31.2 Å². The number of nitrogens with one attached hydrogen (secondary N) is 1. The van der Waals surface area contributed by atoms with Crippen molar-refractivity contribution in [3.05, 3.63) is 17.8 Å². The van der Waals surface area contributed by atoms with E-state index in [9.17, 15) is 4.79 Å². The molecule has 0 radical (unpaired) electrons. The fraction of sp³-hybridized carbons (Fsp3) is 0.781. The summed E-state index contributed by atoms with van der Waals surface area (Å²) in [6.07, 6.45) is 17.3. The fourth-order valence-electron chi connectivity index (χ4n) is 7.86. The molecule has 5 heterocycles. The van der Waals surface area contributed by atoms with E-state index in [-0.39, 0.29) is 11.9 Å². The van der Waals surface area contributed by atoms with Crippen LogP contribution in [0.15, 0.2) is 12.1 Å². The molecule has 2 aromatic rings. The van der Waals surface area contributed by atoms with Crippen molar-refractivity contribution in [2.24, 2.45) is 18.9 Å². The summed E-state index contributed by atoms with van der Waals surface area (Å²) in [7, 11) is 1.90. The van der Waals surface area contributed by atoms with E-state index in [0.717, 1.165) is 74.3 Å². The van der Waals surface area contributed by atoms with Gasteiger partial charge in [0, 0.05) is 52.4 Å². The van der Waals surface area contributed by atoms with Crippen LogP contribution in [0, 0.1) is 11.8 Å². The summed E-state index contributed by atoms with van der Waals surface area (Å²) in [5.41, 5.74) is 1.30. The van der Waals surface area contributed by atoms with Gasteiger partial charge in [-0.3, -0.25) is 4.79 Å². The predicted octanol–water partition coefficient (Wildman–Crippen LogP) is 4.84. The summed E-state index contributed by atoms with van der Waals surface area (Å²) < 4.78 is 1.77. The Hall–Kier alpha value is -2.19. The molecule has 1 saturated carbocycles. The highest BCUT2D eigenvalue weighted by Crippen LogP contribution is 2.35. The number of amides is 1. The van der Waals surface area contributed by atoms with Crippen LogP contribution in [-0.2, 0) is 7.05 Å². The Balaban J connectivity index is 0.952. The zero-order chi connectivity index (χ0) is 27.3. The first-order chi connectivity index (χ1) is 19.6. The standard InChI is InChI=1S/C32H51N7O/c1-36-31-28(11-12-29(34-31)39-17-7-2-3-8-18-39)30(35-36)32(40)33-27-15-21-38(22-16-27)24-23-37-19-13-26(14-20-37)25-9-5-4-6-10-25/h11-12,25-27H,2-10,13-24H2,1H3,(H,33,40). The Morgan fingerprint density at radius 3 is 2.05 bits per heavy atom. The number of carbonyl (C=O) groups is 1. The molecular weight excluding hydrogens is 498 g/mol. The molecule has 3 aliphatic heterocycles. The van der Waals surface area contributed by atoms with Gasteiger partial charge in [-0.1, -0.05) is 44.9 Å². The Bertz CT molecular complexity index is 1100. The number of hydrogen-bond acceptors (Lipinski definition) is 6. The van der Waals surface area contributed by atoms with Gasteiger partial charge in [-0.25, -0.2) is 9.67 Å². The number of piperidine rings is 2. The molecule has 0 aromatic carbocycles. The number of anilines is 1. The maximum absolute atomic E-state index is 13.3. The number of nitrogens with zero attached hydrogens (tertiary/aromatic N) is 6. The summed E-state index contributed by atoms with van der Waals surface area (Å²) in [5.74, 6) is 2.95. The van der Waals surface area contributed by atoms with Crippen LogP contribution in [-0.4, -0.2) is 88.9 Å². The minimum atomic E-state index is -0.0609. The van der Waals surface area contributed by atoms with Gasteiger partial charge < -0.3 is 20.0 Å². The van der Waals surface area contributed by atoms with Gasteiger partial charge in [0.2, 0.25) is 0 Å². The number of hydrogen-bond donors (Lipinski definition) is 1. The molecule has 0 atom stereocenters. The van der Waals surface area contributed by atoms with E-state index in [1.54, 1.807) is 4.68 Å². The van der Waals surface area contributed by atoms with Crippen molar-refractivity contribution in [1.82, 2.24) is 29.9 Å². The first kappa shape index (κ1) is 28.0. The zero-order valence-electron chi connectivity index (χ0n) is 24.8. The van der Waals surface area contributed by atoms with Crippen molar-refractivity contribution >= 4 is 22.8 Å². The van der Waals surface area contributed by atoms with Crippen LogP contribution in [0.1, 0.15) is 94.0 Å². The molecule has 1 amide bonds. The summed E-state index contributed by atoms with van der Waals surface area (Å²) in [6, 6.07) is 4.34. The first-order valence-electron chi connectivity index (χ1n) is 16.5. The Kier molecular flexibility index (Phi) is 9.22. The number of aryl methyl sites for hydroxylation is 1. The monoisotopic (exact) mass is 549 g/mol. The predicted molar refractivity (Wildman–Crippen MR) is 162 cm³/mol. The lowest BCUT2D eigenvalue weighted by Crippen LogP contribution is -2.47. The Morgan fingerprint density at radius 2 is 1.38 bits per heavy atom. The highest BCUT2D eigenvalue weighted by molar-refractivity contribution is 6.04. The first-order valence-corrected chi connectivity index (χ1v) is 16.5. The molecule has 0 spiro atoms. The number of pyridine rings is 1. The SMILES string of the molecule is Cn1nc(C(=O)NC2CCN(CCN3CCC(C4CCCCC4)CC3)CC2)c2ccc(N3CCCCCC3)nc21. The van der Waals surface area contributed by atoms with Crippen LogP contribution in [0.25, 0.3) is 11.0 Å². The van der Waals surface area contributed by atoms with Gasteiger partial charge in [-0.2, -0.15) is 5.10 Å². The van der Waals surface area contributed by atoms with Gasteiger partial charge in [0.1, 0.15) is 5.82 Å². The van der Waals surface area contributed by atoms with Gasteiger partial charge in [-0.15, -0.1) is 0 Å². The van der Waals surface area contributed by atoms with Crippen LogP contribution < -0.4 is 10.2 Å². The highest BCUT2D eigenvalue weighted by atomic mass is 16.2. The molecule has 1 N–H and O–H groups in total. The highest BCUT2D eigenvalue weighted by Gasteiger charge is 2.29. The molecule has 40 heavy (non-hydrogen) atoms. The topological polar surface area (TPSA) is 69.5 Å². The molecule has 0 bridgehead atoms. The summed E-state index contributed by atoms with van der Waals surface area (Å²) in [4.78, 5) is 25.9. The molecule has 8 nitrogen and oxygen atoms in total. The molecule has 2 aromatic heterocycles. The van der Waals surface area contributed by atoms with E-state index < -0.39 is 0 Å². The van der Waals surface area contributed by atoms with E-state index >= 15 is 0 Å². The van der Waals surface area contributed by atoms with Gasteiger partial charge in [0.05, 0.1) is 5.39 Å². The van der Waals surface area contributed by atoms with Gasteiger partial charge in [0.25, 0.3) is 5.91 Å². The third kappa shape index (κ3) is 6.64. The van der Waals surface area contributed by atoms with Crippen LogP contribution >= 0.6 is 0 Å². The lowest BCUT2D eigenvalue weighted by atomic mass is 9.76. The minimum Gasteiger partial charge on any atom is -0.357 e. The molecule has 220 valence electrons. The van der Waals surface area contributed by atoms with Gasteiger partial charge in [0.15, 0.2) is 11.3 Å². The fourth-order valence-corrected chi connectivity index (χ4v) is 7.86. The number of likely N-dealkylation sites (tertiary alicyclic amines) is 2. The molecule has 0 unspecified atom stereocenters. The third-order valence-corrected chi connectivity index (χ3v) is 10.4. The van der Waals surface area contributed by atoms with Crippen LogP contribution in [0.2, 0.25) is 0 Å². The van der Waals surface area contributed by atoms with Crippen molar-refractivity contribution in [3.63, 3.8) is 0 Å². The van der Waals surface area contributed by atoms with Gasteiger partial charge in [-0.05, 0) is 75.6 Å². The van der Waals surface area contributed by atoms with Crippen LogP contribution in [0.5, 0.6) is 0 Å². The Labute approximate surface area is 240 Å². The number of aromatic nitrogens is 3. The molecule has 1 aliphatic carbocycles. The maximum atomic E-state index is 13.3. The van der Waals surface area contributed by atoms with Crippen molar-refractivity contribution in [2.45, 2.75) is 89.5 Å². The smallest absolute Gasteiger partial charge is 0.272 e. The lowest BCUT2D eigenvalue weighted by Gasteiger charge is -2.39. The molecular formula is C32H51N7O. The average Bonchev–Trinajstić information content (AvgIpc) is 3.15. The second-order valence-corrected chi connectivity index (χ2v) is 13.1. The summed E-state index contributed by atoms with van der Waals surface area (Å²) in [5, 5.41) is 8.75. The second kappa shape index (κ2) is 13.2. The second-order valence-electron chi connectivity index (χ2n) is 13.1. The van der Waals surface area contributed by atoms with E-state index in [0.29, 0.717) is 5.69 Å². The van der Waals surface area contributed by atoms with E-state index in [1.165, 1.54) is 90.3 Å². The van der Waals surface area contributed by atoms with Gasteiger partial charge >= 0.3 is 0 Å². The normalized spacial score (nSPS) is 23.5. The lowest BCUT2D eigenvalue weighted by molar-refractivity contribution is 0.0888. The van der Waals surface area contributed by atoms with Crippen molar-refractivity contribution < 1.29 is 4.79 Å². The van der Waals surface area contributed by atoms with E-state index in [4.69, 9.17) is 4.98 Å². The largest absolute Gasteiger partial charge is 0.357 e. The molecule has 6 rings (SSSR count). The zero-order valence-corrected chi connectivity index (χ0v) is 24.8. The van der Waals surface area contributed by atoms with Crippen LogP contribution in [0.3, 0.4) is 0 Å². The number of fused-ring (bicyclic) bond motifs is 1. The third-order valence-electron chi connectivity index (χ3n) is 10.4. The molecule has 8 heteroatoms. The maximum Gasteiger partial charge on any atom is 0.272 e. The quantitative estimate of drug-likeness (QED) is 0.533. The van der Waals surface area contributed by atoms with Crippen molar-refractivity contribution in [2.75, 3.05) is 57.3 Å². The minimum absolute atomic E-state index is 0.0609. The Morgan fingerprint density at radius 1 is 0.775 bits per heavy atom. The van der Waals surface area contributed by atoms with Crippen molar-refractivity contribution in [3.8, 4) is 0 Å². The molecule has 4 aliphatic rings. The number of carbonyl (C=O) groups excluding carboxylic acids is 1. The summed E-state index contributed by atoms with van der Waals surface area (Å²) in [6.45, 7) is 9.18. The van der Waals surface area contributed by atoms with Crippen molar-refractivity contribution in [1.29, 1.82) is 0 Å². The average molecular weight is 550 g/mol. The molecule has 4 fully saturated rings. The summed E-state index contributed by atoms with van der Waals surface area (Å²) >= 11 is 0. The number of rotatable bonds is 7.